The molecule has 0 spiro atoms. The van der Waals surface area contributed by atoms with Crippen LogP contribution >= 0.6 is 11.8 Å². The number of benzene rings is 2. The number of amides is 1. The second kappa shape index (κ2) is 6.57. The third kappa shape index (κ3) is 3.61. The molecule has 0 aliphatic heterocycles. The topological polar surface area (TPSA) is 29.1 Å². The highest BCUT2D eigenvalue weighted by atomic mass is 32.2. The van der Waals surface area contributed by atoms with E-state index < -0.39 is 5.82 Å². The second-order valence-electron chi connectivity index (χ2n) is 4.48. The number of hydrogen-bond acceptors (Lipinski definition) is 2. The average molecular weight is 289 g/mol. The SMILES string of the molecule is CSc1ccc([C@@H](C)NC(=O)c2cccc(F)c2)cc1. The first-order valence-electron chi connectivity index (χ1n) is 6.30. The number of carbonyl (C=O) groups excluding carboxylic acids is 1. The van der Waals surface area contributed by atoms with Gasteiger partial charge >= 0.3 is 0 Å². The molecular formula is C16H16FNOS. The normalized spacial score (nSPS) is 11.9. The Labute approximate surface area is 122 Å². The first kappa shape index (κ1) is 14.6. The van der Waals surface area contributed by atoms with Crippen molar-refractivity contribution in [2.24, 2.45) is 0 Å². The fourth-order valence-electron chi connectivity index (χ4n) is 1.89. The summed E-state index contributed by atoms with van der Waals surface area (Å²) in [7, 11) is 0. The molecule has 0 saturated heterocycles. The summed E-state index contributed by atoms with van der Waals surface area (Å²) in [6, 6.07) is 13.6. The van der Waals surface area contributed by atoms with Crippen LogP contribution in [-0.2, 0) is 0 Å². The number of carbonyl (C=O) groups is 1. The predicted molar refractivity (Wildman–Crippen MR) is 80.5 cm³/mol. The van der Waals surface area contributed by atoms with E-state index in [9.17, 15) is 9.18 Å². The Hall–Kier alpha value is -1.81. The van der Waals surface area contributed by atoms with E-state index >= 15 is 0 Å². The number of thioether (sulfide) groups is 1. The Morgan fingerprint density at radius 1 is 1.20 bits per heavy atom. The molecule has 1 N–H and O–H groups in total. The van der Waals surface area contributed by atoms with E-state index in [1.807, 2.05) is 37.4 Å². The number of rotatable bonds is 4. The molecule has 0 saturated carbocycles. The highest BCUT2D eigenvalue weighted by Crippen LogP contribution is 2.19. The molecule has 2 rings (SSSR count). The van der Waals surface area contributed by atoms with Crippen molar-refractivity contribution in [1.29, 1.82) is 0 Å². The summed E-state index contributed by atoms with van der Waals surface area (Å²) in [5.41, 5.74) is 1.35. The quantitative estimate of drug-likeness (QED) is 0.861. The molecule has 4 heteroatoms. The van der Waals surface area contributed by atoms with Gasteiger partial charge in [0, 0.05) is 10.5 Å². The average Bonchev–Trinajstić information content (AvgIpc) is 2.47. The van der Waals surface area contributed by atoms with Crippen LogP contribution < -0.4 is 5.32 Å². The van der Waals surface area contributed by atoms with Gasteiger partial charge in [-0.2, -0.15) is 0 Å². The third-order valence-electron chi connectivity index (χ3n) is 3.05. The van der Waals surface area contributed by atoms with Crippen LogP contribution in [0.1, 0.15) is 28.9 Å². The van der Waals surface area contributed by atoms with Crippen LogP contribution in [0.25, 0.3) is 0 Å². The Kier molecular flexibility index (Phi) is 4.79. The van der Waals surface area contributed by atoms with Crippen molar-refractivity contribution in [2.75, 3.05) is 6.26 Å². The molecule has 0 fully saturated rings. The van der Waals surface area contributed by atoms with E-state index in [2.05, 4.69) is 5.32 Å². The predicted octanol–water partition coefficient (Wildman–Crippen LogP) is 4.04. The second-order valence-corrected chi connectivity index (χ2v) is 5.36. The van der Waals surface area contributed by atoms with Crippen molar-refractivity contribution in [1.82, 2.24) is 5.32 Å². The van der Waals surface area contributed by atoms with Gasteiger partial charge in [0.25, 0.3) is 5.91 Å². The van der Waals surface area contributed by atoms with E-state index in [0.717, 1.165) is 5.56 Å². The smallest absolute Gasteiger partial charge is 0.251 e. The lowest BCUT2D eigenvalue weighted by atomic mass is 10.1. The maximum Gasteiger partial charge on any atom is 0.251 e. The highest BCUT2D eigenvalue weighted by Gasteiger charge is 2.11. The lowest BCUT2D eigenvalue weighted by Gasteiger charge is -2.14. The van der Waals surface area contributed by atoms with Crippen molar-refractivity contribution in [3.63, 3.8) is 0 Å². The Balaban J connectivity index is 2.06. The lowest BCUT2D eigenvalue weighted by Crippen LogP contribution is -2.26. The van der Waals surface area contributed by atoms with Gasteiger partial charge in [-0.1, -0.05) is 18.2 Å². The van der Waals surface area contributed by atoms with Gasteiger partial charge in [-0.15, -0.1) is 11.8 Å². The van der Waals surface area contributed by atoms with Crippen molar-refractivity contribution < 1.29 is 9.18 Å². The molecule has 0 aliphatic carbocycles. The molecule has 0 aromatic heterocycles. The maximum absolute atomic E-state index is 13.1. The molecule has 0 bridgehead atoms. The molecule has 2 nitrogen and oxygen atoms in total. The van der Waals surface area contributed by atoms with Crippen molar-refractivity contribution in [3.8, 4) is 0 Å². The van der Waals surface area contributed by atoms with Gasteiger partial charge in [0.15, 0.2) is 0 Å². The van der Waals surface area contributed by atoms with Crippen molar-refractivity contribution in [2.45, 2.75) is 17.9 Å². The summed E-state index contributed by atoms with van der Waals surface area (Å²) in [6.07, 6.45) is 2.02. The minimum atomic E-state index is -0.408. The van der Waals surface area contributed by atoms with E-state index in [4.69, 9.17) is 0 Å². The highest BCUT2D eigenvalue weighted by molar-refractivity contribution is 7.98. The molecule has 20 heavy (non-hydrogen) atoms. The maximum atomic E-state index is 13.1. The fourth-order valence-corrected chi connectivity index (χ4v) is 2.29. The largest absolute Gasteiger partial charge is 0.346 e. The van der Waals surface area contributed by atoms with Crippen LogP contribution in [0.4, 0.5) is 4.39 Å². The van der Waals surface area contributed by atoms with Gasteiger partial charge < -0.3 is 5.32 Å². The molecule has 2 aromatic rings. The zero-order chi connectivity index (χ0) is 14.5. The standard InChI is InChI=1S/C16H16FNOS/c1-11(12-6-8-15(20-2)9-7-12)18-16(19)13-4-3-5-14(17)10-13/h3-11H,1-2H3,(H,18,19)/t11-/m1/s1. The van der Waals surface area contributed by atoms with E-state index in [0.29, 0.717) is 5.56 Å². The fraction of sp³-hybridized carbons (Fsp3) is 0.188. The Morgan fingerprint density at radius 2 is 1.90 bits per heavy atom. The Morgan fingerprint density at radius 3 is 2.50 bits per heavy atom. The lowest BCUT2D eigenvalue weighted by molar-refractivity contribution is 0.0939. The van der Waals surface area contributed by atoms with Crippen LogP contribution in [0, 0.1) is 5.82 Å². The minimum Gasteiger partial charge on any atom is -0.346 e. The summed E-state index contributed by atoms with van der Waals surface area (Å²) in [4.78, 5) is 13.2. The number of halogens is 1. The minimum absolute atomic E-state index is 0.123. The van der Waals surface area contributed by atoms with Crippen LogP contribution in [0.15, 0.2) is 53.4 Å². The van der Waals surface area contributed by atoms with Crippen molar-refractivity contribution >= 4 is 17.7 Å². The molecule has 0 heterocycles. The summed E-state index contributed by atoms with van der Waals surface area (Å²) in [5, 5.41) is 2.86. The van der Waals surface area contributed by atoms with Crippen molar-refractivity contribution in [3.05, 3.63) is 65.5 Å². The van der Waals surface area contributed by atoms with Gasteiger partial charge in [0.2, 0.25) is 0 Å². The van der Waals surface area contributed by atoms with E-state index in [1.54, 1.807) is 17.8 Å². The molecule has 104 valence electrons. The van der Waals surface area contributed by atoms with Gasteiger partial charge in [-0.3, -0.25) is 4.79 Å². The Bertz CT molecular complexity index is 598. The molecule has 2 aromatic carbocycles. The number of nitrogens with one attached hydrogen (secondary N) is 1. The number of hydrogen-bond donors (Lipinski definition) is 1. The molecule has 0 unspecified atom stereocenters. The van der Waals surface area contributed by atoms with Crippen LogP contribution in [-0.4, -0.2) is 12.2 Å². The zero-order valence-corrected chi connectivity index (χ0v) is 12.2. The summed E-state index contributed by atoms with van der Waals surface area (Å²) < 4.78 is 13.1. The first-order chi connectivity index (χ1) is 9.60. The summed E-state index contributed by atoms with van der Waals surface area (Å²) in [5.74, 6) is -0.680. The summed E-state index contributed by atoms with van der Waals surface area (Å²) >= 11 is 1.67. The monoisotopic (exact) mass is 289 g/mol. The molecule has 1 amide bonds. The van der Waals surface area contributed by atoms with Crippen LogP contribution in [0.3, 0.4) is 0 Å². The first-order valence-corrected chi connectivity index (χ1v) is 7.53. The van der Waals surface area contributed by atoms with Crippen LogP contribution in [0.5, 0.6) is 0 Å². The van der Waals surface area contributed by atoms with Gasteiger partial charge in [-0.05, 0) is 49.1 Å². The molecule has 0 aliphatic rings. The third-order valence-corrected chi connectivity index (χ3v) is 3.79. The van der Waals surface area contributed by atoms with E-state index in [1.165, 1.54) is 23.1 Å². The molecular weight excluding hydrogens is 273 g/mol. The van der Waals surface area contributed by atoms with Crippen LogP contribution in [0.2, 0.25) is 0 Å². The molecule has 0 radical (unpaired) electrons. The van der Waals surface area contributed by atoms with Gasteiger partial charge in [0.1, 0.15) is 5.82 Å². The summed E-state index contributed by atoms with van der Waals surface area (Å²) in [6.45, 7) is 1.91. The van der Waals surface area contributed by atoms with Gasteiger partial charge in [0.05, 0.1) is 6.04 Å². The zero-order valence-electron chi connectivity index (χ0n) is 11.4. The molecule has 1 atom stereocenters. The van der Waals surface area contributed by atoms with E-state index in [-0.39, 0.29) is 11.9 Å². The van der Waals surface area contributed by atoms with Gasteiger partial charge in [-0.25, -0.2) is 4.39 Å².